The van der Waals surface area contributed by atoms with Gasteiger partial charge in [0.1, 0.15) is 0 Å². The quantitative estimate of drug-likeness (QED) is 0.838. The number of nitrogens with two attached hydrogens (primary N) is 1. The smallest absolute Gasteiger partial charge is 0.243 e. The highest BCUT2D eigenvalue weighted by Crippen LogP contribution is 2.30. The molecule has 1 aromatic carbocycles. The van der Waals surface area contributed by atoms with Crippen LogP contribution in [0.2, 0.25) is 0 Å². The maximum absolute atomic E-state index is 12.7. The summed E-state index contributed by atoms with van der Waals surface area (Å²) in [6, 6.07) is 3.36. The zero-order valence-electron chi connectivity index (χ0n) is 11.9. The number of sulfonamides is 1. The molecule has 0 bridgehead atoms. The summed E-state index contributed by atoms with van der Waals surface area (Å²) in [6.45, 7) is 2.34. The lowest BCUT2D eigenvalue weighted by molar-refractivity contribution is 0.387. The summed E-state index contributed by atoms with van der Waals surface area (Å²) >= 11 is 3.31. The zero-order valence-corrected chi connectivity index (χ0v) is 14.3. The second kappa shape index (κ2) is 6.03. The molecule has 1 aromatic rings. The van der Waals surface area contributed by atoms with Crippen molar-refractivity contribution in [2.24, 2.45) is 5.92 Å². The molecule has 6 heteroatoms. The van der Waals surface area contributed by atoms with Gasteiger partial charge in [-0.05, 0) is 43.4 Å². The Morgan fingerprint density at radius 3 is 2.55 bits per heavy atom. The molecule has 1 aliphatic carbocycles. The number of nitrogens with zero attached hydrogens (tertiary/aromatic N) is 1. The molecule has 0 radical (unpaired) electrons. The molecule has 0 aromatic heterocycles. The average Bonchev–Trinajstić information content (AvgIpc) is 2.86. The minimum Gasteiger partial charge on any atom is -0.398 e. The van der Waals surface area contributed by atoms with Crippen LogP contribution >= 0.6 is 15.9 Å². The summed E-state index contributed by atoms with van der Waals surface area (Å²) < 4.78 is 27.5. The van der Waals surface area contributed by atoms with Gasteiger partial charge < -0.3 is 5.73 Å². The van der Waals surface area contributed by atoms with Crippen molar-refractivity contribution in [2.45, 2.75) is 37.5 Å². The molecule has 1 aliphatic rings. The van der Waals surface area contributed by atoms with Crippen LogP contribution in [0.25, 0.3) is 0 Å². The van der Waals surface area contributed by atoms with Gasteiger partial charge in [-0.15, -0.1) is 0 Å². The predicted octanol–water partition coefficient (Wildman–Crippen LogP) is 3.15. The standard InChI is InChI=1S/C14H21BrN2O2S/c1-10-13(16)7-12(15)8-14(10)20(18,19)17(2)9-11-5-3-4-6-11/h7-8,11H,3-6,9,16H2,1-2H3. The Hall–Kier alpha value is -0.590. The fraction of sp³-hybridized carbons (Fsp3) is 0.571. The van der Waals surface area contributed by atoms with Crippen LogP contribution in [0.15, 0.2) is 21.5 Å². The second-order valence-corrected chi connectivity index (χ2v) is 8.48. The highest BCUT2D eigenvalue weighted by Gasteiger charge is 2.27. The summed E-state index contributed by atoms with van der Waals surface area (Å²) in [4.78, 5) is 0.296. The number of benzene rings is 1. The van der Waals surface area contributed by atoms with E-state index in [0.717, 1.165) is 12.8 Å². The first kappa shape index (κ1) is 15.8. The first-order valence-electron chi connectivity index (χ1n) is 6.84. The van der Waals surface area contributed by atoms with Gasteiger partial charge in [-0.1, -0.05) is 28.8 Å². The highest BCUT2D eigenvalue weighted by atomic mass is 79.9. The van der Waals surface area contributed by atoms with Crippen molar-refractivity contribution in [3.8, 4) is 0 Å². The van der Waals surface area contributed by atoms with Crippen LogP contribution in [-0.4, -0.2) is 26.3 Å². The van der Waals surface area contributed by atoms with E-state index in [-0.39, 0.29) is 0 Å². The molecule has 2 rings (SSSR count). The van der Waals surface area contributed by atoms with E-state index in [1.807, 2.05) is 0 Å². The lowest BCUT2D eigenvalue weighted by Crippen LogP contribution is -2.31. The molecule has 0 saturated heterocycles. The van der Waals surface area contributed by atoms with Crippen molar-refractivity contribution >= 4 is 31.6 Å². The SMILES string of the molecule is Cc1c(N)cc(Br)cc1S(=O)(=O)N(C)CC1CCCC1. The van der Waals surface area contributed by atoms with E-state index in [0.29, 0.717) is 33.1 Å². The number of rotatable bonds is 4. The molecule has 20 heavy (non-hydrogen) atoms. The van der Waals surface area contributed by atoms with Gasteiger partial charge in [0.2, 0.25) is 10.0 Å². The number of anilines is 1. The Bertz CT molecular complexity index is 595. The van der Waals surface area contributed by atoms with Gasteiger partial charge in [-0.2, -0.15) is 0 Å². The molecule has 0 amide bonds. The largest absolute Gasteiger partial charge is 0.398 e. The van der Waals surface area contributed by atoms with E-state index in [9.17, 15) is 8.42 Å². The van der Waals surface area contributed by atoms with Crippen LogP contribution in [0, 0.1) is 12.8 Å². The van der Waals surface area contributed by atoms with Crippen molar-refractivity contribution in [1.82, 2.24) is 4.31 Å². The Kier molecular flexibility index (Phi) is 4.76. The van der Waals surface area contributed by atoms with Crippen molar-refractivity contribution in [3.05, 3.63) is 22.2 Å². The fourth-order valence-electron chi connectivity index (χ4n) is 2.76. The third-order valence-electron chi connectivity index (χ3n) is 4.04. The van der Waals surface area contributed by atoms with Crippen molar-refractivity contribution in [1.29, 1.82) is 0 Å². The third-order valence-corrected chi connectivity index (χ3v) is 6.45. The molecule has 4 nitrogen and oxygen atoms in total. The van der Waals surface area contributed by atoms with Crippen molar-refractivity contribution in [3.63, 3.8) is 0 Å². The Balaban J connectivity index is 2.29. The molecule has 1 saturated carbocycles. The van der Waals surface area contributed by atoms with Gasteiger partial charge in [-0.3, -0.25) is 0 Å². The van der Waals surface area contributed by atoms with Gasteiger partial charge >= 0.3 is 0 Å². The minimum absolute atomic E-state index is 0.296. The number of hydrogen-bond acceptors (Lipinski definition) is 3. The third kappa shape index (κ3) is 3.18. The molecule has 0 spiro atoms. The highest BCUT2D eigenvalue weighted by molar-refractivity contribution is 9.10. The number of halogens is 1. The lowest BCUT2D eigenvalue weighted by atomic mass is 10.1. The topological polar surface area (TPSA) is 63.4 Å². The predicted molar refractivity (Wildman–Crippen MR) is 85.1 cm³/mol. The first-order chi connectivity index (χ1) is 9.32. The maximum atomic E-state index is 12.7. The van der Waals surface area contributed by atoms with Crippen LogP contribution in [0.3, 0.4) is 0 Å². The van der Waals surface area contributed by atoms with E-state index in [1.54, 1.807) is 26.1 Å². The maximum Gasteiger partial charge on any atom is 0.243 e. The van der Waals surface area contributed by atoms with Gasteiger partial charge in [0.25, 0.3) is 0 Å². The van der Waals surface area contributed by atoms with E-state index in [2.05, 4.69) is 15.9 Å². The van der Waals surface area contributed by atoms with Gasteiger partial charge in [0.15, 0.2) is 0 Å². The Morgan fingerprint density at radius 1 is 1.35 bits per heavy atom. The minimum atomic E-state index is -3.48. The summed E-state index contributed by atoms with van der Waals surface area (Å²) in [5, 5.41) is 0. The van der Waals surface area contributed by atoms with Gasteiger partial charge in [0.05, 0.1) is 4.90 Å². The van der Waals surface area contributed by atoms with Crippen molar-refractivity contribution in [2.75, 3.05) is 19.3 Å². The monoisotopic (exact) mass is 360 g/mol. The lowest BCUT2D eigenvalue weighted by Gasteiger charge is -2.22. The van der Waals surface area contributed by atoms with Gasteiger partial charge in [0, 0.05) is 23.8 Å². The van der Waals surface area contributed by atoms with Crippen molar-refractivity contribution < 1.29 is 8.42 Å². The van der Waals surface area contributed by atoms with Gasteiger partial charge in [-0.25, -0.2) is 12.7 Å². The van der Waals surface area contributed by atoms with Crippen LogP contribution < -0.4 is 5.73 Å². The molecule has 0 heterocycles. The molecular formula is C14H21BrN2O2S. The molecular weight excluding hydrogens is 340 g/mol. The van der Waals surface area contributed by atoms with E-state index < -0.39 is 10.0 Å². The molecule has 0 aliphatic heterocycles. The molecule has 2 N–H and O–H groups in total. The number of hydrogen-bond donors (Lipinski definition) is 1. The average molecular weight is 361 g/mol. The van der Waals surface area contributed by atoms with Crippen LogP contribution in [0.5, 0.6) is 0 Å². The van der Waals surface area contributed by atoms with E-state index in [4.69, 9.17) is 5.73 Å². The fourth-order valence-corrected chi connectivity index (χ4v) is 4.92. The summed E-state index contributed by atoms with van der Waals surface area (Å²) in [7, 11) is -1.82. The normalized spacial score (nSPS) is 17.0. The summed E-state index contributed by atoms with van der Waals surface area (Å²) in [6.07, 6.45) is 4.67. The van der Waals surface area contributed by atoms with Crippen LogP contribution in [-0.2, 0) is 10.0 Å². The Morgan fingerprint density at radius 2 is 1.95 bits per heavy atom. The zero-order chi connectivity index (χ0) is 14.9. The van der Waals surface area contributed by atoms with E-state index in [1.165, 1.54) is 17.1 Å². The molecule has 1 fully saturated rings. The first-order valence-corrected chi connectivity index (χ1v) is 9.07. The second-order valence-electron chi connectivity index (χ2n) is 5.55. The van der Waals surface area contributed by atoms with Crippen LogP contribution in [0.4, 0.5) is 5.69 Å². The number of nitrogen functional groups attached to an aromatic ring is 1. The molecule has 112 valence electrons. The Labute approximate surface area is 129 Å². The van der Waals surface area contributed by atoms with E-state index >= 15 is 0 Å². The molecule has 0 unspecified atom stereocenters. The van der Waals surface area contributed by atoms with Crippen LogP contribution in [0.1, 0.15) is 31.2 Å². The molecule has 0 atom stereocenters. The summed E-state index contributed by atoms with van der Waals surface area (Å²) in [5.41, 5.74) is 6.98. The summed E-state index contributed by atoms with van der Waals surface area (Å²) in [5.74, 6) is 0.486.